The predicted molar refractivity (Wildman–Crippen MR) is 90.6 cm³/mol. The third-order valence-corrected chi connectivity index (χ3v) is 4.15. The summed E-state index contributed by atoms with van der Waals surface area (Å²) in [6.45, 7) is 5.79. The lowest BCUT2D eigenvalue weighted by atomic mass is 10.0. The molecule has 0 aliphatic heterocycles. The van der Waals surface area contributed by atoms with Crippen molar-refractivity contribution in [2.75, 3.05) is 0 Å². The number of aryl methyl sites for hydroxylation is 1. The summed E-state index contributed by atoms with van der Waals surface area (Å²) < 4.78 is 0. The second-order valence-corrected chi connectivity index (χ2v) is 6.89. The van der Waals surface area contributed by atoms with E-state index in [1.165, 1.54) is 0 Å². The van der Waals surface area contributed by atoms with Gasteiger partial charge >= 0.3 is 5.97 Å². The van der Waals surface area contributed by atoms with Crippen LogP contribution in [0.25, 0.3) is 11.3 Å². The lowest BCUT2D eigenvalue weighted by Crippen LogP contribution is -2.41. The minimum atomic E-state index is -1.01. The van der Waals surface area contributed by atoms with Crippen LogP contribution in [0.2, 0.25) is 0 Å². The summed E-state index contributed by atoms with van der Waals surface area (Å²) in [7, 11) is 0. The molecule has 0 radical (unpaired) electrons. The molecule has 2 N–H and O–H groups in total. The van der Waals surface area contributed by atoms with Gasteiger partial charge in [-0.1, -0.05) is 26.0 Å². The molecule has 6 heteroatoms. The Morgan fingerprint density at radius 2 is 1.91 bits per heavy atom. The zero-order chi connectivity index (χ0) is 17.0. The lowest BCUT2D eigenvalue weighted by molar-refractivity contribution is -0.139. The molecular formula is C17H20N2O3S. The lowest BCUT2D eigenvalue weighted by Gasteiger charge is -2.16. The van der Waals surface area contributed by atoms with Crippen LogP contribution >= 0.6 is 11.3 Å². The van der Waals surface area contributed by atoms with E-state index >= 15 is 0 Å². The minimum absolute atomic E-state index is 0.187. The Hall–Kier alpha value is -2.21. The van der Waals surface area contributed by atoms with Crippen molar-refractivity contribution in [2.45, 2.75) is 33.2 Å². The molecule has 0 saturated heterocycles. The number of aliphatic carboxylic acids is 1. The summed E-state index contributed by atoms with van der Waals surface area (Å²) in [6.07, 6.45) is 0.400. The Balaban J connectivity index is 2.09. The SMILES string of the molecule is Cc1nc(-c2ccc(C(=O)N[C@@H](CC(C)C)C(=O)O)cc2)cs1. The van der Waals surface area contributed by atoms with Crippen LogP contribution in [-0.2, 0) is 4.79 Å². The first-order valence-electron chi connectivity index (χ1n) is 7.43. The van der Waals surface area contributed by atoms with Crippen LogP contribution in [0.5, 0.6) is 0 Å². The molecular weight excluding hydrogens is 312 g/mol. The summed E-state index contributed by atoms with van der Waals surface area (Å²) in [4.78, 5) is 27.8. The zero-order valence-electron chi connectivity index (χ0n) is 13.4. The molecule has 0 fully saturated rings. The molecule has 0 unspecified atom stereocenters. The van der Waals surface area contributed by atoms with Gasteiger partial charge in [0.05, 0.1) is 10.7 Å². The Morgan fingerprint density at radius 1 is 1.26 bits per heavy atom. The minimum Gasteiger partial charge on any atom is -0.480 e. The standard InChI is InChI=1S/C17H20N2O3S/c1-10(2)8-14(17(21)22)19-16(20)13-6-4-12(5-7-13)15-9-23-11(3)18-15/h4-7,9-10,14H,8H2,1-3H3,(H,19,20)(H,21,22)/t14-/m0/s1. The number of nitrogens with zero attached hydrogens (tertiary/aromatic N) is 1. The third-order valence-electron chi connectivity index (χ3n) is 3.37. The van der Waals surface area contributed by atoms with Crippen molar-refractivity contribution in [1.82, 2.24) is 10.3 Å². The van der Waals surface area contributed by atoms with Crippen molar-refractivity contribution < 1.29 is 14.7 Å². The first-order chi connectivity index (χ1) is 10.9. The predicted octanol–water partition coefficient (Wildman–Crippen LogP) is 3.35. The second-order valence-electron chi connectivity index (χ2n) is 5.82. The monoisotopic (exact) mass is 332 g/mol. The van der Waals surface area contributed by atoms with E-state index in [1.807, 2.05) is 38.3 Å². The van der Waals surface area contributed by atoms with E-state index < -0.39 is 12.0 Å². The van der Waals surface area contributed by atoms with Gasteiger partial charge in [-0.15, -0.1) is 11.3 Å². The average Bonchev–Trinajstić information content (AvgIpc) is 2.92. The van der Waals surface area contributed by atoms with E-state index in [0.717, 1.165) is 16.3 Å². The average molecular weight is 332 g/mol. The Morgan fingerprint density at radius 3 is 2.39 bits per heavy atom. The van der Waals surface area contributed by atoms with Crippen LogP contribution in [0.3, 0.4) is 0 Å². The third kappa shape index (κ3) is 4.63. The molecule has 0 spiro atoms. The Labute approximate surface area is 139 Å². The van der Waals surface area contributed by atoms with Gasteiger partial charge in [0, 0.05) is 16.5 Å². The summed E-state index contributed by atoms with van der Waals surface area (Å²) in [5.41, 5.74) is 2.25. The smallest absolute Gasteiger partial charge is 0.326 e. The molecule has 1 aromatic heterocycles. The number of carbonyl (C=O) groups excluding carboxylic acids is 1. The van der Waals surface area contributed by atoms with Gasteiger partial charge in [0.1, 0.15) is 6.04 Å². The molecule has 1 aromatic carbocycles. The number of carbonyl (C=O) groups is 2. The van der Waals surface area contributed by atoms with E-state index in [1.54, 1.807) is 23.5 Å². The number of aromatic nitrogens is 1. The van der Waals surface area contributed by atoms with Crippen LogP contribution in [0, 0.1) is 12.8 Å². The number of benzene rings is 1. The molecule has 0 aliphatic carbocycles. The molecule has 2 aromatic rings. The number of carboxylic acid groups (broad SMARTS) is 1. The first-order valence-corrected chi connectivity index (χ1v) is 8.31. The number of hydrogen-bond acceptors (Lipinski definition) is 4. The van der Waals surface area contributed by atoms with E-state index in [4.69, 9.17) is 0 Å². The molecule has 2 rings (SSSR count). The van der Waals surface area contributed by atoms with Crippen LogP contribution in [0.1, 0.15) is 35.6 Å². The summed E-state index contributed by atoms with van der Waals surface area (Å²) in [5.74, 6) is -1.20. The van der Waals surface area contributed by atoms with Crippen molar-refractivity contribution in [1.29, 1.82) is 0 Å². The van der Waals surface area contributed by atoms with Gasteiger partial charge in [-0.25, -0.2) is 9.78 Å². The largest absolute Gasteiger partial charge is 0.480 e. The van der Waals surface area contributed by atoms with Crippen molar-refractivity contribution in [3.63, 3.8) is 0 Å². The van der Waals surface area contributed by atoms with Crippen molar-refractivity contribution in [3.8, 4) is 11.3 Å². The highest BCUT2D eigenvalue weighted by atomic mass is 32.1. The maximum atomic E-state index is 12.2. The number of carboxylic acids is 1. The number of nitrogens with one attached hydrogen (secondary N) is 1. The summed E-state index contributed by atoms with van der Waals surface area (Å²) >= 11 is 1.57. The van der Waals surface area contributed by atoms with Crippen LogP contribution < -0.4 is 5.32 Å². The van der Waals surface area contributed by atoms with E-state index in [-0.39, 0.29) is 11.8 Å². The maximum absolute atomic E-state index is 12.2. The van der Waals surface area contributed by atoms with Crippen LogP contribution in [0.15, 0.2) is 29.6 Å². The maximum Gasteiger partial charge on any atom is 0.326 e. The van der Waals surface area contributed by atoms with Crippen LogP contribution in [-0.4, -0.2) is 28.0 Å². The highest BCUT2D eigenvalue weighted by Crippen LogP contribution is 2.21. The molecule has 0 aliphatic rings. The topological polar surface area (TPSA) is 79.3 Å². The second kappa shape index (κ2) is 7.37. The van der Waals surface area contributed by atoms with Gasteiger partial charge < -0.3 is 10.4 Å². The number of amides is 1. The van der Waals surface area contributed by atoms with Crippen LogP contribution in [0.4, 0.5) is 0 Å². The van der Waals surface area contributed by atoms with Gasteiger partial charge in [0.25, 0.3) is 5.91 Å². The molecule has 122 valence electrons. The molecule has 23 heavy (non-hydrogen) atoms. The summed E-state index contributed by atoms with van der Waals surface area (Å²) in [6, 6.07) is 6.15. The fourth-order valence-electron chi connectivity index (χ4n) is 2.22. The molecule has 1 amide bonds. The van der Waals surface area contributed by atoms with Gasteiger partial charge in [0.2, 0.25) is 0 Å². The van der Waals surface area contributed by atoms with E-state index in [0.29, 0.717) is 12.0 Å². The van der Waals surface area contributed by atoms with E-state index in [2.05, 4.69) is 10.3 Å². The van der Waals surface area contributed by atoms with E-state index in [9.17, 15) is 14.7 Å². The fraction of sp³-hybridized carbons (Fsp3) is 0.353. The fourth-order valence-corrected chi connectivity index (χ4v) is 2.84. The summed E-state index contributed by atoms with van der Waals surface area (Å²) in [5, 5.41) is 14.7. The van der Waals surface area contributed by atoms with Crippen molar-refractivity contribution in [3.05, 3.63) is 40.2 Å². The van der Waals surface area contributed by atoms with Gasteiger partial charge in [-0.05, 0) is 31.4 Å². The zero-order valence-corrected chi connectivity index (χ0v) is 14.2. The quantitative estimate of drug-likeness (QED) is 0.850. The number of thiazole rings is 1. The Kier molecular flexibility index (Phi) is 5.50. The number of rotatable bonds is 6. The first kappa shape index (κ1) is 17.1. The van der Waals surface area contributed by atoms with Gasteiger partial charge in [0.15, 0.2) is 0 Å². The molecule has 1 atom stereocenters. The van der Waals surface area contributed by atoms with Crippen molar-refractivity contribution >= 4 is 23.2 Å². The van der Waals surface area contributed by atoms with Gasteiger partial charge in [-0.2, -0.15) is 0 Å². The molecule has 0 bridgehead atoms. The molecule has 1 heterocycles. The highest BCUT2D eigenvalue weighted by Gasteiger charge is 2.21. The molecule has 0 saturated carbocycles. The van der Waals surface area contributed by atoms with Crippen molar-refractivity contribution in [2.24, 2.45) is 5.92 Å². The highest BCUT2D eigenvalue weighted by molar-refractivity contribution is 7.09. The number of hydrogen-bond donors (Lipinski definition) is 2. The Bertz CT molecular complexity index is 692. The molecule has 5 nitrogen and oxygen atoms in total. The normalized spacial score (nSPS) is 12.2. The van der Waals surface area contributed by atoms with Gasteiger partial charge in [-0.3, -0.25) is 4.79 Å².